The molecular weight excluding hydrogens is 354 g/mol. The van der Waals surface area contributed by atoms with Crippen molar-refractivity contribution in [2.75, 3.05) is 13.2 Å². The van der Waals surface area contributed by atoms with E-state index in [4.69, 9.17) is 9.47 Å². The zero-order valence-electron chi connectivity index (χ0n) is 16.6. The Hall–Kier alpha value is -2.82. The molecule has 1 aliphatic rings. The van der Waals surface area contributed by atoms with Crippen LogP contribution in [0.3, 0.4) is 0 Å². The Labute approximate surface area is 166 Å². The van der Waals surface area contributed by atoms with Gasteiger partial charge < -0.3 is 14.8 Å². The van der Waals surface area contributed by atoms with E-state index in [0.717, 1.165) is 0 Å². The van der Waals surface area contributed by atoms with Crippen LogP contribution in [0.5, 0.6) is 0 Å². The second-order valence-corrected chi connectivity index (χ2v) is 7.65. The van der Waals surface area contributed by atoms with E-state index in [9.17, 15) is 9.59 Å². The first-order valence-corrected chi connectivity index (χ1v) is 9.72. The Morgan fingerprint density at radius 3 is 2.07 bits per heavy atom. The molecule has 3 rings (SSSR count). The Bertz CT molecular complexity index is 801. The molecule has 2 aromatic rings. The van der Waals surface area contributed by atoms with Crippen LogP contribution in [0, 0.1) is 5.92 Å². The molecule has 0 saturated carbocycles. The summed E-state index contributed by atoms with van der Waals surface area (Å²) in [5, 5.41) is 2.71. The van der Waals surface area contributed by atoms with Gasteiger partial charge in [0.1, 0.15) is 6.61 Å². The van der Waals surface area contributed by atoms with Crippen LogP contribution in [0.1, 0.15) is 44.2 Å². The normalized spacial score (nSPS) is 13.6. The number of benzene rings is 2. The van der Waals surface area contributed by atoms with E-state index in [1.807, 2.05) is 38.1 Å². The van der Waals surface area contributed by atoms with Crippen molar-refractivity contribution in [3.8, 4) is 11.1 Å². The van der Waals surface area contributed by atoms with Gasteiger partial charge in [0, 0.05) is 12.0 Å². The highest BCUT2D eigenvalue weighted by Crippen LogP contribution is 2.44. The van der Waals surface area contributed by atoms with E-state index < -0.39 is 6.09 Å². The van der Waals surface area contributed by atoms with E-state index in [2.05, 4.69) is 29.6 Å². The van der Waals surface area contributed by atoms with Crippen molar-refractivity contribution >= 4 is 12.1 Å². The molecule has 1 N–H and O–H groups in total. The number of nitrogens with one attached hydrogen (secondary N) is 1. The molecule has 1 atom stereocenters. The lowest BCUT2D eigenvalue weighted by molar-refractivity contribution is -0.145. The number of carbonyl (C=O) groups excluding carboxylic acids is 2. The van der Waals surface area contributed by atoms with Gasteiger partial charge in [-0.05, 0) is 35.1 Å². The molecule has 0 saturated heterocycles. The van der Waals surface area contributed by atoms with Gasteiger partial charge >= 0.3 is 12.1 Å². The molecule has 0 radical (unpaired) electrons. The Balaban J connectivity index is 1.54. The highest BCUT2D eigenvalue weighted by atomic mass is 16.5. The molecule has 0 aromatic heterocycles. The van der Waals surface area contributed by atoms with Crippen LogP contribution in [0.2, 0.25) is 0 Å². The molecule has 0 fully saturated rings. The minimum Gasteiger partial charge on any atom is -0.465 e. The van der Waals surface area contributed by atoms with E-state index in [-0.39, 0.29) is 36.9 Å². The number of hydrogen-bond acceptors (Lipinski definition) is 4. The molecule has 0 spiro atoms. The molecule has 0 heterocycles. The summed E-state index contributed by atoms with van der Waals surface area (Å²) in [6, 6.07) is 16.0. The maximum absolute atomic E-state index is 12.2. The first-order valence-electron chi connectivity index (χ1n) is 9.72. The fourth-order valence-electron chi connectivity index (χ4n) is 3.46. The molecule has 0 aliphatic heterocycles. The molecule has 1 aliphatic carbocycles. The van der Waals surface area contributed by atoms with Gasteiger partial charge in [0.05, 0.1) is 13.0 Å². The summed E-state index contributed by atoms with van der Waals surface area (Å²) < 4.78 is 10.6. The van der Waals surface area contributed by atoms with Crippen LogP contribution in [0.4, 0.5) is 4.79 Å². The van der Waals surface area contributed by atoms with E-state index >= 15 is 0 Å². The molecule has 1 amide bonds. The largest absolute Gasteiger partial charge is 0.465 e. The van der Waals surface area contributed by atoms with Crippen LogP contribution >= 0.6 is 0 Å². The number of amides is 1. The van der Waals surface area contributed by atoms with Gasteiger partial charge in [-0.1, -0.05) is 62.4 Å². The van der Waals surface area contributed by atoms with E-state index in [1.54, 1.807) is 6.92 Å². The highest BCUT2D eigenvalue weighted by Gasteiger charge is 2.29. The fraction of sp³-hybridized carbons (Fsp3) is 0.391. The second kappa shape index (κ2) is 8.91. The first-order chi connectivity index (χ1) is 13.5. The van der Waals surface area contributed by atoms with Crippen LogP contribution in [-0.2, 0) is 14.3 Å². The Morgan fingerprint density at radius 2 is 1.50 bits per heavy atom. The third-order valence-corrected chi connectivity index (χ3v) is 4.76. The lowest BCUT2D eigenvalue weighted by Crippen LogP contribution is -2.35. The number of fused-ring (bicyclic) bond motifs is 3. The molecule has 0 bridgehead atoms. The van der Waals surface area contributed by atoms with Crippen molar-refractivity contribution in [2.45, 2.75) is 39.2 Å². The molecular formula is C23H27NO4. The van der Waals surface area contributed by atoms with Crippen molar-refractivity contribution < 1.29 is 19.1 Å². The molecule has 5 heteroatoms. The van der Waals surface area contributed by atoms with Crippen molar-refractivity contribution in [3.05, 3.63) is 59.7 Å². The van der Waals surface area contributed by atoms with Crippen molar-refractivity contribution in [1.82, 2.24) is 5.32 Å². The average molecular weight is 381 g/mol. The third kappa shape index (κ3) is 4.71. The number of ether oxygens (including phenoxy) is 2. The lowest BCUT2D eigenvalue weighted by atomic mass is 9.98. The molecule has 0 unspecified atom stereocenters. The number of alkyl carbamates (subject to hydrolysis) is 1. The van der Waals surface area contributed by atoms with Crippen LogP contribution in [-0.4, -0.2) is 31.3 Å². The molecule has 28 heavy (non-hydrogen) atoms. The Morgan fingerprint density at radius 1 is 0.929 bits per heavy atom. The summed E-state index contributed by atoms with van der Waals surface area (Å²) in [6.45, 7) is 6.36. The fourth-order valence-corrected chi connectivity index (χ4v) is 3.46. The minimum absolute atomic E-state index is 0.0180. The van der Waals surface area contributed by atoms with Gasteiger partial charge in [0.2, 0.25) is 0 Å². The first kappa shape index (κ1) is 19.9. The number of esters is 1. The average Bonchev–Trinajstić information content (AvgIpc) is 2.98. The lowest BCUT2D eigenvalue weighted by Gasteiger charge is -2.17. The van der Waals surface area contributed by atoms with E-state index in [1.165, 1.54) is 22.3 Å². The maximum atomic E-state index is 12.2. The summed E-state index contributed by atoms with van der Waals surface area (Å²) in [6.07, 6.45) is -0.400. The van der Waals surface area contributed by atoms with Gasteiger partial charge in [-0.2, -0.15) is 0 Å². The maximum Gasteiger partial charge on any atom is 0.407 e. The predicted molar refractivity (Wildman–Crippen MR) is 108 cm³/mol. The zero-order chi connectivity index (χ0) is 20.1. The van der Waals surface area contributed by atoms with Crippen LogP contribution in [0.25, 0.3) is 11.1 Å². The van der Waals surface area contributed by atoms with Crippen molar-refractivity contribution in [3.63, 3.8) is 0 Å². The number of carbonyl (C=O) groups is 2. The van der Waals surface area contributed by atoms with Gasteiger partial charge in [0.25, 0.3) is 0 Å². The van der Waals surface area contributed by atoms with Crippen LogP contribution in [0.15, 0.2) is 48.5 Å². The van der Waals surface area contributed by atoms with Crippen LogP contribution < -0.4 is 5.32 Å². The third-order valence-electron chi connectivity index (χ3n) is 4.76. The summed E-state index contributed by atoms with van der Waals surface area (Å²) in [4.78, 5) is 24.0. The number of rotatable bonds is 7. The van der Waals surface area contributed by atoms with Gasteiger partial charge in [0.15, 0.2) is 0 Å². The standard InChI is InChI=1S/C23H27NO4/c1-15(2)13-27-22(25)12-16(3)24-23(26)28-14-21-19-10-6-4-8-17(19)18-9-5-7-11-20(18)21/h4-11,15-16,21H,12-14H2,1-3H3,(H,24,26)/t16-/m1/s1. The monoisotopic (exact) mass is 381 g/mol. The summed E-state index contributed by atoms with van der Waals surface area (Å²) in [5.74, 6) is -0.0149. The molecule has 2 aromatic carbocycles. The Kier molecular flexibility index (Phi) is 6.34. The molecule has 5 nitrogen and oxygen atoms in total. The van der Waals surface area contributed by atoms with Gasteiger partial charge in [-0.15, -0.1) is 0 Å². The van der Waals surface area contributed by atoms with Crippen molar-refractivity contribution in [1.29, 1.82) is 0 Å². The van der Waals surface area contributed by atoms with Gasteiger partial charge in [-0.25, -0.2) is 4.79 Å². The quantitative estimate of drug-likeness (QED) is 0.717. The van der Waals surface area contributed by atoms with Gasteiger partial charge in [-0.3, -0.25) is 4.79 Å². The SMILES string of the molecule is CC(C)COC(=O)C[C@@H](C)NC(=O)OCC1c2ccccc2-c2ccccc21. The smallest absolute Gasteiger partial charge is 0.407 e. The minimum atomic E-state index is -0.522. The predicted octanol–water partition coefficient (Wildman–Crippen LogP) is 4.50. The summed E-state index contributed by atoms with van der Waals surface area (Å²) >= 11 is 0. The topological polar surface area (TPSA) is 64.6 Å². The highest BCUT2D eigenvalue weighted by molar-refractivity contribution is 5.79. The summed E-state index contributed by atoms with van der Waals surface area (Å²) in [5.41, 5.74) is 4.71. The summed E-state index contributed by atoms with van der Waals surface area (Å²) in [7, 11) is 0. The number of hydrogen-bond donors (Lipinski definition) is 1. The zero-order valence-corrected chi connectivity index (χ0v) is 16.6. The second-order valence-electron chi connectivity index (χ2n) is 7.65. The van der Waals surface area contributed by atoms with Crippen molar-refractivity contribution in [2.24, 2.45) is 5.92 Å². The van der Waals surface area contributed by atoms with E-state index in [0.29, 0.717) is 6.61 Å². The molecule has 148 valence electrons.